The summed E-state index contributed by atoms with van der Waals surface area (Å²) in [6.07, 6.45) is 8.82. The predicted octanol–water partition coefficient (Wildman–Crippen LogP) is 4.27. The van der Waals surface area contributed by atoms with Crippen molar-refractivity contribution in [3.8, 4) is 0 Å². The molecule has 1 radical (unpaired) electrons. The van der Waals surface area contributed by atoms with E-state index >= 15 is 0 Å². The Hall–Kier alpha value is 1.15. The molecule has 0 N–H and O–H groups in total. The molecule has 0 amide bonds. The van der Waals surface area contributed by atoms with Crippen LogP contribution < -0.4 is 0 Å². The van der Waals surface area contributed by atoms with Crippen LogP contribution in [0.15, 0.2) is 17.3 Å². The molecule has 0 aromatic rings. The van der Waals surface area contributed by atoms with Gasteiger partial charge in [0.1, 0.15) is 0 Å². The first-order valence-corrected chi connectivity index (χ1v) is 6.88. The molecule has 0 aromatic carbocycles. The van der Waals surface area contributed by atoms with E-state index in [2.05, 4.69) is 37.9 Å². The Kier molecular flexibility index (Phi) is 25.7. The van der Waals surface area contributed by atoms with Crippen LogP contribution in [0.2, 0.25) is 19.6 Å². The molecule has 85 valence electrons. The maximum absolute atomic E-state index is 3.36. The molecular formula is C9H19Cl3SiV. The van der Waals surface area contributed by atoms with Crippen LogP contribution in [-0.4, -0.2) is 8.07 Å². The summed E-state index contributed by atoms with van der Waals surface area (Å²) in [6.45, 7) is 7.06. The van der Waals surface area contributed by atoms with E-state index in [4.69, 9.17) is 0 Å². The molecule has 0 saturated heterocycles. The molecule has 5 heteroatoms. The van der Waals surface area contributed by atoms with Gasteiger partial charge in [-0.15, -0.1) is 43.6 Å². The summed E-state index contributed by atoms with van der Waals surface area (Å²) in [6, 6.07) is 0. The van der Waals surface area contributed by atoms with E-state index < -0.39 is 8.07 Å². The second-order valence-electron chi connectivity index (χ2n) is 3.45. The molecule has 0 heterocycles. The second kappa shape index (κ2) is 12.2. The zero-order valence-corrected chi connectivity index (χ0v) is 13.9. The van der Waals surface area contributed by atoms with Gasteiger partial charge in [0.25, 0.3) is 0 Å². The molecule has 0 atom stereocenters. The van der Waals surface area contributed by atoms with E-state index in [0.29, 0.717) is 0 Å². The first-order valence-electron chi connectivity index (χ1n) is 3.38. The third-order valence-electron chi connectivity index (χ3n) is 1.50. The van der Waals surface area contributed by atoms with E-state index in [-0.39, 0.29) is 63.2 Å². The first kappa shape index (κ1) is 29.4. The van der Waals surface area contributed by atoms with Crippen molar-refractivity contribution in [1.29, 1.82) is 0 Å². The van der Waals surface area contributed by atoms with Gasteiger partial charge in [0.2, 0.25) is 0 Å². The largest absolute Gasteiger partial charge is 2.00 e. The third-order valence-corrected chi connectivity index (χ3v) is 3.46. The summed E-state index contributed by atoms with van der Waals surface area (Å²) in [5.41, 5.74) is 0. The van der Waals surface area contributed by atoms with Crippen LogP contribution in [0.5, 0.6) is 0 Å². The van der Waals surface area contributed by atoms with Crippen LogP contribution in [0.3, 0.4) is 0 Å². The molecule has 1 aliphatic rings. The summed E-state index contributed by atoms with van der Waals surface area (Å²) in [4.78, 5) is 0. The minimum absolute atomic E-state index is 0. The van der Waals surface area contributed by atoms with Gasteiger partial charge in [-0.3, -0.25) is 6.08 Å². The minimum Gasteiger partial charge on any atom is -0.358 e. The Morgan fingerprint density at radius 2 is 1.57 bits per heavy atom. The molecule has 1 aliphatic carbocycles. The Bertz CT molecular complexity index is 173. The standard InChI is InChI=1S/C8H13Si.CH3.3ClH.V/c1-9(2,3)8-6-4-5-7-8;;;;;/h4,6H,5H2,1-3H3;1H3;3*1H;/q2*-1;;;;+2. The van der Waals surface area contributed by atoms with Gasteiger partial charge in [0.15, 0.2) is 0 Å². The molecule has 0 saturated carbocycles. The van der Waals surface area contributed by atoms with Gasteiger partial charge in [0.05, 0.1) is 0 Å². The molecule has 0 spiro atoms. The third kappa shape index (κ3) is 9.70. The van der Waals surface area contributed by atoms with Crippen molar-refractivity contribution in [3.05, 3.63) is 30.9 Å². The van der Waals surface area contributed by atoms with E-state index in [1.807, 2.05) is 0 Å². The zero-order chi connectivity index (χ0) is 6.91. The molecule has 0 unspecified atom stereocenters. The van der Waals surface area contributed by atoms with Crippen LogP contribution >= 0.6 is 37.2 Å². The molecule has 0 nitrogen and oxygen atoms in total. The number of halogens is 3. The Balaban J connectivity index is -0.0000000540. The fourth-order valence-corrected chi connectivity index (χ4v) is 2.17. The summed E-state index contributed by atoms with van der Waals surface area (Å²) in [7, 11) is -1.01. The smallest absolute Gasteiger partial charge is 0.358 e. The number of hydrogen-bond acceptors (Lipinski definition) is 0. The van der Waals surface area contributed by atoms with Gasteiger partial charge in [-0.1, -0.05) is 19.6 Å². The quantitative estimate of drug-likeness (QED) is 0.501. The van der Waals surface area contributed by atoms with Gasteiger partial charge >= 0.3 is 18.6 Å². The first-order chi connectivity index (χ1) is 4.11. The number of hydrogen-bond donors (Lipinski definition) is 0. The van der Waals surface area contributed by atoms with Crippen LogP contribution in [0, 0.1) is 13.5 Å². The van der Waals surface area contributed by atoms with E-state index in [9.17, 15) is 0 Å². The van der Waals surface area contributed by atoms with Crippen LogP contribution in [-0.2, 0) is 18.6 Å². The van der Waals surface area contributed by atoms with Crippen LogP contribution in [0.25, 0.3) is 0 Å². The monoisotopic (exact) mass is 311 g/mol. The van der Waals surface area contributed by atoms with Crippen molar-refractivity contribution in [1.82, 2.24) is 0 Å². The van der Waals surface area contributed by atoms with Crippen LogP contribution in [0.4, 0.5) is 0 Å². The Morgan fingerprint density at radius 1 is 1.14 bits per heavy atom. The molecule has 14 heavy (non-hydrogen) atoms. The molecular weight excluding hydrogens is 293 g/mol. The normalized spacial score (nSPS) is 11.8. The van der Waals surface area contributed by atoms with E-state index in [1.54, 1.807) is 0 Å². The summed E-state index contributed by atoms with van der Waals surface area (Å²) in [5.74, 6) is 0. The molecule has 0 aromatic heterocycles. The van der Waals surface area contributed by atoms with Crippen molar-refractivity contribution in [2.75, 3.05) is 0 Å². The zero-order valence-electron chi connectivity index (χ0n) is 9.03. The number of allylic oxidation sites excluding steroid dienone is 4. The average molecular weight is 313 g/mol. The van der Waals surface area contributed by atoms with Gasteiger partial charge in [-0.05, 0) is 0 Å². The summed E-state index contributed by atoms with van der Waals surface area (Å²) in [5, 5.41) is 1.49. The SMILES string of the molecule is C[Si](C)(C)C1=[C-]CC=C1.Cl.Cl.Cl.[CH3-].[V+2]. The summed E-state index contributed by atoms with van der Waals surface area (Å²) >= 11 is 0. The minimum atomic E-state index is -1.01. The predicted molar refractivity (Wildman–Crippen MR) is 72.0 cm³/mol. The van der Waals surface area contributed by atoms with Crippen molar-refractivity contribution in [3.63, 3.8) is 0 Å². The second-order valence-corrected chi connectivity index (χ2v) is 8.49. The fraction of sp³-hybridized carbons (Fsp3) is 0.444. The van der Waals surface area contributed by atoms with Gasteiger partial charge < -0.3 is 7.43 Å². The van der Waals surface area contributed by atoms with E-state index in [1.165, 1.54) is 5.20 Å². The van der Waals surface area contributed by atoms with Crippen molar-refractivity contribution >= 4 is 45.3 Å². The van der Waals surface area contributed by atoms with Gasteiger partial charge in [-0.25, -0.2) is 11.3 Å². The molecule has 0 fully saturated rings. The van der Waals surface area contributed by atoms with Crippen LogP contribution in [0.1, 0.15) is 6.42 Å². The molecule has 0 bridgehead atoms. The van der Waals surface area contributed by atoms with Gasteiger partial charge in [-0.2, -0.15) is 6.08 Å². The van der Waals surface area contributed by atoms with Crippen molar-refractivity contribution in [2.45, 2.75) is 26.1 Å². The fourth-order valence-electron chi connectivity index (χ4n) is 0.920. The van der Waals surface area contributed by atoms with Crippen molar-refractivity contribution in [2.24, 2.45) is 0 Å². The van der Waals surface area contributed by atoms with Gasteiger partial charge in [0, 0.05) is 8.07 Å². The summed E-state index contributed by atoms with van der Waals surface area (Å²) < 4.78 is 0. The Labute approximate surface area is 120 Å². The topological polar surface area (TPSA) is 0 Å². The maximum Gasteiger partial charge on any atom is 2.00 e. The maximum atomic E-state index is 3.36. The molecule has 0 aliphatic heterocycles. The molecule has 1 rings (SSSR count). The number of rotatable bonds is 1. The average Bonchev–Trinajstić information content (AvgIpc) is 2.08. The Morgan fingerprint density at radius 3 is 1.71 bits per heavy atom. The van der Waals surface area contributed by atoms with Crippen molar-refractivity contribution < 1.29 is 18.6 Å². The van der Waals surface area contributed by atoms with E-state index in [0.717, 1.165) is 6.42 Å².